The molecule has 0 aromatic heterocycles. The summed E-state index contributed by atoms with van der Waals surface area (Å²) in [5.41, 5.74) is 6.72. The van der Waals surface area contributed by atoms with Crippen molar-refractivity contribution in [3.8, 4) is 0 Å². The highest BCUT2D eigenvalue weighted by atomic mass is 16.7. The van der Waals surface area contributed by atoms with Gasteiger partial charge in [-0.1, -0.05) is 30.3 Å². The van der Waals surface area contributed by atoms with Crippen LogP contribution < -0.4 is 5.73 Å². The van der Waals surface area contributed by atoms with Crippen LogP contribution in [-0.2, 0) is 9.63 Å². The van der Waals surface area contributed by atoms with E-state index in [-0.39, 0.29) is 5.91 Å². The lowest BCUT2D eigenvalue weighted by Crippen LogP contribution is -2.41. The normalized spacial score (nSPS) is 18.2. The second-order valence-corrected chi connectivity index (χ2v) is 3.87. The first-order valence-corrected chi connectivity index (χ1v) is 5.54. The zero-order valence-electron chi connectivity index (χ0n) is 9.13. The van der Waals surface area contributed by atoms with Gasteiger partial charge in [0.25, 0.3) is 5.91 Å². The Labute approximate surface area is 94.9 Å². The maximum absolute atomic E-state index is 12.0. The van der Waals surface area contributed by atoms with Crippen molar-refractivity contribution < 1.29 is 9.63 Å². The molecule has 0 radical (unpaired) electrons. The fourth-order valence-corrected chi connectivity index (χ4v) is 1.73. The van der Waals surface area contributed by atoms with Gasteiger partial charge in [0.15, 0.2) is 0 Å². The van der Waals surface area contributed by atoms with Gasteiger partial charge in [0.1, 0.15) is 6.04 Å². The molecule has 0 aliphatic carbocycles. The van der Waals surface area contributed by atoms with E-state index in [9.17, 15) is 4.79 Å². The van der Waals surface area contributed by atoms with Crippen molar-refractivity contribution >= 4 is 5.91 Å². The number of rotatable bonds is 2. The molecule has 1 unspecified atom stereocenters. The fraction of sp³-hybridized carbons (Fsp3) is 0.417. The molecule has 4 nitrogen and oxygen atoms in total. The standard InChI is InChI=1S/C12H16N2O2/c13-11(10-6-2-1-3-7-10)12(15)14-8-4-5-9-16-14/h1-3,6-7,11H,4-5,8-9,13H2. The van der Waals surface area contributed by atoms with E-state index in [0.29, 0.717) is 13.2 Å². The number of amides is 1. The van der Waals surface area contributed by atoms with Gasteiger partial charge in [-0.25, -0.2) is 5.06 Å². The molecule has 1 aliphatic rings. The van der Waals surface area contributed by atoms with E-state index in [2.05, 4.69) is 0 Å². The molecule has 0 bridgehead atoms. The minimum absolute atomic E-state index is 0.161. The quantitative estimate of drug-likeness (QED) is 0.815. The Kier molecular flexibility index (Phi) is 3.54. The van der Waals surface area contributed by atoms with Crippen molar-refractivity contribution in [2.75, 3.05) is 13.2 Å². The van der Waals surface area contributed by atoms with Gasteiger partial charge in [-0.15, -0.1) is 0 Å². The lowest BCUT2D eigenvalue weighted by molar-refractivity contribution is -0.198. The second-order valence-electron chi connectivity index (χ2n) is 3.87. The molecule has 1 atom stereocenters. The Morgan fingerprint density at radius 3 is 2.69 bits per heavy atom. The first-order valence-electron chi connectivity index (χ1n) is 5.54. The Bertz CT molecular complexity index is 347. The van der Waals surface area contributed by atoms with Crippen LogP contribution in [0.3, 0.4) is 0 Å². The lowest BCUT2D eigenvalue weighted by Gasteiger charge is -2.28. The minimum Gasteiger partial charge on any atom is -0.316 e. The van der Waals surface area contributed by atoms with Crippen LogP contribution in [0.5, 0.6) is 0 Å². The van der Waals surface area contributed by atoms with E-state index in [0.717, 1.165) is 18.4 Å². The molecule has 0 saturated carbocycles. The van der Waals surface area contributed by atoms with Gasteiger partial charge in [0.2, 0.25) is 0 Å². The molecule has 16 heavy (non-hydrogen) atoms. The van der Waals surface area contributed by atoms with Gasteiger partial charge in [-0.3, -0.25) is 9.63 Å². The smallest absolute Gasteiger partial charge is 0.267 e. The zero-order chi connectivity index (χ0) is 11.4. The van der Waals surface area contributed by atoms with E-state index in [1.165, 1.54) is 5.06 Å². The van der Waals surface area contributed by atoms with Gasteiger partial charge in [-0.2, -0.15) is 0 Å². The molecule has 0 spiro atoms. The SMILES string of the molecule is NC(C(=O)N1CCCCO1)c1ccccc1. The molecule has 4 heteroatoms. The monoisotopic (exact) mass is 220 g/mol. The summed E-state index contributed by atoms with van der Waals surface area (Å²) >= 11 is 0. The predicted octanol–water partition coefficient (Wildman–Crippen LogP) is 1.24. The fourth-order valence-electron chi connectivity index (χ4n) is 1.73. The molecule has 1 aliphatic heterocycles. The molecule has 1 aromatic carbocycles. The van der Waals surface area contributed by atoms with E-state index >= 15 is 0 Å². The molecular weight excluding hydrogens is 204 g/mol. The van der Waals surface area contributed by atoms with Crippen molar-refractivity contribution in [1.29, 1.82) is 0 Å². The second kappa shape index (κ2) is 5.09. The van der Waals surface area contributed by atoms with Crippen molar-refractivity contribution in [3.05, 3.63) is 35.9 Å². The van der Waals surface area contributed by atoms with Gasteiger partial charge < -0.3 is 5.73 Å². The predicted molar refractivity (Wildman–Crippen MR) is 60.3 cm³/mol. The highest BCUT2D eigenvalue weighted by Crippen LogP contribution is 2.15. The number of hydroxylamine groups is 2. The molecule has 1 aromatic rings. The zero-order valence-corrected chi connectivity index (χ0v) is 9.13. The summed E-state index contributed by atoms with van der Waals surface area (Å²) in [6.45, 7) is 1.24. The Balaban J connectivity index is 2.04. The summed E-state index contributed by atoms with van der Waals surface area (Å²) < 4.78 is 0. The third-order valence-electron chi connectivity index (χ3n) is 2.67. The molecule has 86 valence electrons. The van der Waals surface area contributed by atoms with Crippen LogP contribution in [0.25, 0.3) is 0 Å². The Hall–Kier alpha value is -1.39. The van der Waals surface area contributed by atoms with Crippen LogP contribution in [0.2, 0.25) is 0 Å². The summed E-state index contributed by atoms with van der Waals surface area (Å²) in [6, 6.07) is 8.73. The largest absolute Gasteiger partial charge is 0.316 e. The van der Waals surface area contributed by atoms with Crippen molar-refractivity contribution in [2.45, 2.75) is 18.9 Å². The molecule has 2 N–H and O–H groups in total. The topological polar surface area (TPSA) is 55.6 Å². The maximum Gasteiger partial charge on any atom is 0.267 e. The lowest BCUT2D eigenvalue weighted by atomic mass is 10.1. The number of hydrogen-bond donors (Lipinski definition) is 1. The van der Waals surface area contributed by atoms with Gasteiger partial charge in [-0.05, 0) is 18.4 Å². The van der Waals surface area contributed by atoms with Crippen LogP contribution in [0.1, 0.15) is 24.4 Å². The number of nitrogens with two attached hydrogens (primary N) is 1. The average Bonchev–Trinajstić information content (AvgIpc) is 2.39. The van der Waals surface area contributed by atoms with E-state index < -0.39 is 6.04 Å². The summed E-state index contributed by atoms with van der Waals surface area (Å²) in [6.07, 6.45) is 1.98. The van der Waals surface area contributed by atoms with Crippen molar-refractivity contribution in [3.63, 3.8) is 0 Å². The third kappa shape index (κ3) is 2.40. The first-order chi connectivity index (χ1) is 7.79. The van der Waals surface area contributed by atoms with Crippen LogP contribution in [0.4, 0.5) is 0 Å². The van der Waals surface area contributed by atoms with Gasteiger partial charge >= 0.3 is 0 Å². The molecular formula is C12H16N2O2. The number of carbonyl (C=O) groups is 1. The highest BCUT2D eigenvalue weighted by molar-refractivity contribution is 5.82. The van der Waals surface area contributed by atoms with E-state index in [4.69, 9.17) is 10.6 Å². The summed E-state index contributed by atoms with van der Waals surface area (Å²) in [7, 11) is 0. The number of benzene rings is 1. The van der Waals surface area contributed by atoms with Crippen LogP contribution in [0.15, 0.2) is 30.3 Å². The molecule has 1 heterocycles. The number of hydrogen-bond acceptors (Lipinski definition) is 3. The van der Waals surface area contributed by atoms with Crippen LogP contribution in [0, 0.1) is 0 Å². The van der Waals surface area contributed by atoms with Crippen molar-refractivity contribution in [2.24, 2.45) is 5.73 Å². The van der Waals surface area contributed by atoms with Crippen LogP contribution >= 0.6 is 0 Å². The van der Waals surface area contributed by atoms with E-state index in [1.807, 2.05) is 30.3 Å². The molecule has 1 fully saturated rings. The summed E-state index contributed by atoms with van der Waals surface area (Å²) in [4.78, 5) is 17.3. The molecule has 1 saturated heterocycles. The highest BCUT2D eigenvalue weighted by Gasteiger charge is 2.24. The molecule has 1 amide bonds. The Morgan fingerprint density at radius 1 is 1.31 bits per heavy atom. The van der Waals surface area contributed by atoms with Crippen molar-refractivity contribution in [1.82, 2.24) is 5.06 Å². The molecule has 2 rings (SSSR count). The summed E-state index contributed by atoms with van der Waals surface area (Å²) in [5, 5.41) is 1.39. The third-order valence-corrected chi connectivity index (χ3v) is 2.67. The van der Waals surface area contributed by atoms with E-state index in [1.54, 1.807) is 0 Å². The first kappa shape index (κ1) is 11.1. The Morgan fingerprint density at radius 2 is 2.06 bits per heavy atom. The van der Waals surface area contributed by atoms with Gasteiger partial charge in [0.05, 0.1) is 6.61 Å². The number of nitrogens with zero attached hydrogens (tertiary/aromatic N) is 1. The van der Waals surface area contributed by atoms with Crippen LogP contribution in [-0.4, -0.2) is 24.1 Å². The number of carbonyl (C=O) groups excluding carboxylic acids is 1. The minimum atomic E-state index is -0.626. The van der Waals surface area contributed by atoms with Gasteiger partial charge in [0, 0.05) is 6.54 Å². The maximum atomic E-state index is 12.0. The summed E-state index contributed by atoms with van der Waals surface area (Å²) in [5.74, 6) is -0.161. The average molecular weight is 220 g/mol.